The van der Waals surface area contributed by atoms with Crippen molar-refractivity contribution in [1.29, 1.82) is 0 Å². The van der Waals surface area contributed by atoms with E-state index in [0.29, 0.717) is 48.5 Å². The lowest BCUT2D eigenvalue weighted by atomic mass is 10.1. The van der Waals surface area contributed by atoms with Crippen molar-refractivity contribution in [2.24, 2.45) is 0 Å². The lowest BCUT2D eigenvalue weighted by Gasteiger charge is -2.13. The standard InChI is InChI=1S/C22H24N4O3/c1-3-29-22(27)17-11-7-8-12-18(17)24-20-15-19(23-13-14-28-2)25-21(26-20)16-9-5-4-6-10-16/h4-12,15H,3,13-14H2,1-2H3,(H2,23,24,25,26). The number of hydrogen-bond donors (Lipinski definition) is 2. The summed E-state index contributed by atoms with van der Waals surface area (Å²) in [5.74, 6) is 1.41. The number of esters is 1. The van der Waals surface area contributed by atoms with Crippen LogP contribution in [0.2, 0.25) is 0 Å². The van der Waals surface area contributed by atoms with Crippen molar-refractivity contribution >= 4 is 23.3 Å². The first kappa shape index (κ1) is 20.3. The summed E-state index contributed by atoms with van der Waals surface area (Å²) in [5, 5.41) is 6.46. The molecule has 2 N–H and O–H groups in total. The Morgan fingerprint density at radius 3 is 2.48 bits per heavy atom. The summed E-state index contributed by atoms with van der Waals surface area (Å²) in [4.78, 5) is 21.5. The van der Waals surface area contributed by atoms with E-state index in [9.17, 15) is 4.79 Å². The first-order valence-corrected chi connectivity index (χ1v) is 9.41. The Balaban J connectivity index is 1.94. The van der Waals surface area contributed by atoms with Crippen LogP contribution < -0.4 is 10.6 Å². The highest BCUT2D eigenvalue weighted by atomic mass is 16.5. The van der Waals surface area contributed by atoms with Gasteiger partial charge < -0.3 is 20.1 Å². The molecular weight excluding hydrogens is 368 g/mol. The first-order chi connectivity index (χ1) is 14.2. The first-order valence-electron chi connectivity index (χ1n) is 9.41. The van der Waals surface area contributed by atoms with Crippen molar-refractivity contribution in [3.05, 3.63) is 66.2 Å². The molecule has 150 valence electrons. The maximum Gasteiger partial charge on any atom is 0.340 e. The van der Waals surface area contributed by atoms with Crippen LogP contribution in [-0.4, -0.2) is 42.8 Å². The maximum atomic E-state index is 12.3. The molecule has 3 aromatic rings. The van der Waals surface area contributed by atoms with Gasteiger partial charge in [0.15, 0.2) is 5.82 Å². The van der Waals surface area contributed by atoms with Gasteiger partial charge in [-0.2, -0.15) is 0 Å². The number of carbonyl (C=O) groups is 1. The number of methoxy groups -OCH3 is 1. The van der Waals surface area contributed by atoms with Gasteiger partial charge in [0.1, 0.15) is 11.6 Å². The van der Waals surface area contributed by atoms with E-state index in [2.05, 4.69) is 20.6 Å². The molecule has 0 atom stereocenters. The van der Waals surface area contributed by atoms with Gasteiger partial charge in [0.2, 0.25) is 0 Å². The molecule has 29 heavy (non-hydrogen) atoms. The van der Waals surface area contributed by atoms with Gasteiger partial charge in [0.25, 0.3) is 0 Å². The Morgan fingerprint density at radius 2 is 1.72 bits per heavy atom. The smallest absolute Gasteiger partial charge is 0.340 e. The number of aromatic nitrogens is 2. The van der Waals surface area contributed by atoms with Gasteiger partial charge >= 0.3 is 5.97 Å². The van der Waals surface area contributed by atoms with E-state index >= 15 is 0 Å². The van der Waals surface area contributed by atoms with Crippen LogP contribution in [-0.2, 0) is 9.47 Å². The zero-order chi connectivity index (χ0) is 20.5. The number of para-hydroxylation sites is 1. The van der Waals surface area contributed by atoms with Gasteiger partial charge in [0.05, 0.1) is 24.5 Å². The van der Waals surface area contributed by atoms with Crippen LogP contribution in [0.1, 0.15) is 17.3 Å². The molecule has 0 fully saturated rings. The normalized spacial score (nSPS) is 10.4. The fourth-order valence-electron chi connectivity index (χ4n) is 2.72. The van der Waals surface area contributed by atoms with Crippen molar-refractivity contribution in [2.75, 3.05) is 37.5 Å². The van der Waals surface area contributed by atoms with E-state index in [1.807, 2.05) is 42.5 Å². The molecule has 0 radical (unpaired) electrons. The number of rotatable bonds is 9. The van der Waals surface area contributed by atoms with Gasteiger partial charge in [-0.15, -0.1) is 0 Å². The molecule has 0 aliphatic rings. The molecule has 0 saturated carbocycles. The van der Waals surface area contributed by atoms with E-state index in [1.54, 1.807) is 32.2 Å². The molecule has 7 heteroatoms. The highest BCUT2D eigenvalue weighted by Crippen LogP contribution is 2.25. The number of carbonyl (C=O) groups excluding carboxylic acids is 1. The molecule has 1 heterocycles. The Hall–Kier alpha value is -3.45. The highest BCUT2D eigenvalue weighted by Gasteiger charge is 2.14. The summed E-state index contributed by atoms with van der Waals surface area (Å²) < 4.78 is 10.2. The molecule has 7 nitrogen and oxygen atoms in total. The number of nitrogens with one attached hydrogen (secondary N) is 2. The van der Waals surface area contributed by atoms with E-state index in [0.717, 1.165) is 5.56 Å². The summed E-state index contributed by atoms with van der Waals surface area (Å²) in [5.41, 5.74) is 1.96. The van der Waals surface area contributed by atoms with Gasteiger partial charge in [-0.3, -0.25) is 0 Å². The average Bonchev–Trinajstić information content (AvgIpc) is 2.75. The minimum absolute atomic E-state index is 0.312. The van der Waals surface area contributed by atoms with E-state index in [-0.39, 0.29) is 5.97 Å². The Labute approximate surface area is 170 Å². The highest BCUT2D eigenvalue weighted by molar-refractivity contribution is 5.96. The summed E-state index contributed by atoms with van der Waals surface area (Å²) >= 11 is 0. The third-order valence-electron chi connectivity index (χ3n) is 4.06. The fraction of sp³-hybridized carbons (Fsp3) is 0.227. The summed E-state index contributed by atoms with van der Waals surface area (Å²) in [6.07, 6.45) is 0. The van der Waals surface area contributed by atoms with Gasteiger partial charge in [-0.25, -0.2) is 14.8 Å². The molecule has 0 amide bonds. The molecule has 3 rings (SSSR count). The topological polar surface area (TPSA) is 85.4 Å². The van der Waals surface area contributed by atoms with Crippen LogP contribution in [0.4, 0.5) is 17.3 Å². The molecule has 2 aromatic carbocycles. The van der Waals surface area contributed by atoms with Crippen molar-refractivity contribution < 1.29 is 14.3 Å². The third kappa shape index (κ3) is 5.52. The number of anilines is 3. The summed E-state index contributed by atoms with van der Waals surface area (Å²) in [6.45, 7) is 3.26. The number of nitrogens with zero attached hydrogens (tertiary/aromatic N) is 2. The Morgan fingerprint density at radius 1 is 1.00 bits per heavy atom. The molecule has 0 unspecified atom stereocenters. The zero-order valence-electron chi connectivity index (χ0n) is 16.5. The van der Waals surface area contributed by atoms with Gasteiger partial charge in [-0.1, -0.05) is 42.5 Å². The molecule has 0 spiro atoms. The minimum atomic E-state index is -0.383. The van der Waals surface area contributed by atoms with Crippen LogP contribution in [0.5, 0.6) is 0 Å². The Kier molecular flexibility index (Phi) is 7.13. The van der Waals surface area contributed by atoms with Crippen molar-refractivity contribution in [3.63, 3.8) is 0 Å². The lowest BCUT2D eigenvalue weighted by Crippen LogP contribution is -2.11. The van der Waals surface area contributed by atoms with Crippen molar-refractivity contribution in [2.45, 2.75) is 6.92 Å². The van der Waals surface area contributed by atoms with Crippen LogP contribution in [0.25, 0.3) is 11.4 Å². The number of ether oxygens (including phenoxy) is 2. The molecule has 0 saturated heterocycles. The lowest BCUT2D eigenvalue weighted by molar-refractivity contribution is 0.0527. The van der Waals surface area contributed by atoms with E-state index < -0.39 is 0 Å². The molecule has 0 bridgehead atoms. The van der Waals surface area contributed by atoms with Crippen LogP contribution in [0.15, 0.2) is 60.7 Å². The molecule has 0 aliphatic carbocycles. The maximum absolute atomic E-state index is 12.3. The number of benzene rings is 2. The van der Waals surface area contributed by atoms with Crippen molar-refractivity contribution in [3.8, 4) is 11.4 Å². The largest absolute Gasteiger partial charge is 0.462 e. The Bertz CT molecular complexity index is 948. The molecule has 1 aromatic heterocycles. The average molecular weight is 392 g/mol. The van der Waals surface area contributed by atoms with Gasteiger partial charge in [-0.05, 0) is 19.1 Å². The molecule has 0 aliphatic heterocycles. The predicted octanol–water partition coefficient (Wildman–Crippen LogP) is 4.12. The molecular formula is C22H24N4O3. The second-order valence-electron chi connectivity index (χ2n) is 6.14. The minimum Gasteiger partial charge on any atom is -0.462 e. The summed E-state index contributed by atoms with van der Waals surface area (Å²) in [6, 6.07) is 18.7. The second-order valence-corrected chi connectivity index (χ2v) is 6.14. The van der Waals surface area contributed by atoms with Crippen LogP contribution >= 0.6 is 0 Å². The van der Waals surface area contributed by atoms with Crippen molar-refractivity contribution in [1.82, 2.24) is 9.97 Å². The van der Waals surface area contributed by atoms with Crippen LogP contribution in [0.3, 0.4) is 0 Å². The third-order valence-corrected chi connectivity index (χ3v) is 4.06. The van der Waals surface area contributed by atoms with Gasteiger partial charge in [0, 0.05) is 25.3 Å². The quantitative estimate of drug-likeness (QED) is 0.418. The predicted molar refractivity (Wildman–Crippen MR) is 114 cm³/mol. The number of hydrogen-bond acceptors (Lipinski definition) is 7. The van der Waals surface area contributed by atoms with E-state index in [1.165, 1.54) is 0 Å². The van der Waals surface area contributed by atoms with E-state index in [4.69, 9.17) is 9.47 Å². The second kappa shape index (κ2) is 10.2. The summed E-state index contributed by atoms with van der Waals surface area (Å²) in [7, 11) is 1.65. The SMILES string of the molecule is CCOC(=O)c1ccccc1Nc1cc(NCCOC)nc(-c2ccccc2)n1. The zero-order valence-corrected chi connectivity index (χ0v) is 16.5. The monoisotopic (exact) mass is 392 g/mol. The fourth-order valence-corrected chi connectivity index (χ4v) is 2.72. The van der Waals surface area contributed by atoms with Crippen LogP contribution in [0, 0.1) is 0 Å².